The lowest BCUT2D eigenvalue weighted by molar-refractivity contribution is 0.102. The van der Waals surface area contributed by atoms with Crippen molar-refractivity contribution in [1.29, 1.82) is 0 Å². The summed E-state index contributed by atoms with van der Waals surface area (Å²) in [7, 11) is 0. The molecule has 0 spiro atoms. The number of rotatable bonds is 3. The van der Waals surface area contributed by atoms with Crippen molar-refractivity contribution in [2.75, 3.05) is 10.7 Å². The highest BCUT2D eigenvalue weighted by Crippen LogP contribution is 2.22. The van der Waals surface area contributed by atoms with E-state index in [4.69, 9.17) is 5.84 Å². The lowest BCUT2D eigenvalue weighted by Crippen LogP contribution is -2.15. The molecule has 0 radical (unpaired) electrons. The number of nitrogens with two attached hydrogens (primary N) is 1. The molecule has 0 saturated carbocycles. The minimum Gasteiger partial charge on any atom is -0.322 e. The number of nitrogens with zero attached hydrogens (tertiary/aromatic N) is 1. The van der Waals surface area contributed by atoms with Crippen molar-refractivity contribution >= 4 is 17.4 Å². The molecule has 1 heterocycles. The van der Waals surface area contributed by atoms with Gasteiger partial charge in [0.25, 0.3) is 5.91 Å². The predicted molar refractivity (Wildman–Crippen MR) is 80.7 cm³/mol. The third-order valence-electron chi connectivity index (χ3n) is 3.09. The van der Waals surface area contributed by atoms with E-state index >= 15 is 0 Å². The Bertz CT molecular complexity index is 629. The van der Waals surface area contributed by atoms with Crippen molar-refractivity contribution < 1.29 is 4.79 Å². The fraction of sp³-hybridized carbons (Fsp3) is 0.200. The fourth-order valence-corrected chi connectivity index (χ4v) is 2.21. The van der Waals surface area contributed by atoms with Crippen molar-refractivity contribution in [3.8, 4) is 0 Å². The van der Waals surface area contributed by atoms with Gasteiger partial charge < -0.3 is 10.7 Å². The Hall–Kier alpha value is -2.40. The molecule has 5 heteroatoms. The zero-order valence-corrected chi connectivity index (χ0v) is 11.8. The maximum Gasteiger partial charge on any atom is 0.255 e. The first-order chi connectivity index (χ1) is 9.51. The fourth-order valence-electron chi connectivity index (χ4n) is 2.21. The van der Waals surface area contributed by atoms with Crippen LogP contribution in [0.5, 0.6) is 0 Å². The topological polar surface area (TPSA) is 80.0 Å². The number of carbonyl (C=O) groups excluding carboxylic acids is 1. The highest BCUT2D eigenvalue weighted by atomic mass is 16.1. The molecule has 5 nitrogen and oxygen atoms in total. The van der Waals surface area contributed by atoms with Gasteiger partial charge in [-0.15, -0.1) is 0 Å². The average Bonchev–Trinajstić information content (AvgIpc) is 2.42. The van der Waals surface area contributed by atoms with Crippen molar-refractivity contribution in [3.63, 3.8) is 0 Å². The molecule has 0 aliphatic carbocycles. The van der Waals surface area contributed by atoms with Crippen LogP contribution in [0.25, 0.3) is 0 Å². The minimum atomic E-state index is -0.182. The van der Waals surface area contributed by atoms with Crippen LogP contribution in [0.1, 0.15) is 27.0 Å². The van der Waals surface area contributed by atoms with Crippen LogP contribution in [0.4, 0.5) is 11.5 Å². The summed E-state index contributed by atoms with van der Waals surface area (Å²) in [5.74, 6) is 5.56. The number of hydrazine groups is 1. The van der Waals surface area contributed by atoms with Crippen molar-refractivity contribution in [1.82, 2.24) is 4.98 Å². The van der Waals surface area contributed by atoms with Gasteiger partial charge in [0, 0.05) is 17.4 Å². The quantitative estimate of drug-likeness (QED) is 0.591. The second-order valence-electron chi connectivity index (χ2n) is 4.80. The third-order valence-corrected chi connectivity index (χ3v) is 3.09. The van der Waals surface area contributed by atoms with Gasteiger partial charge in [-0.25, -0.2) is 10.8 Å². The van der Waals surface area contributed by atoms with Gasteiger partial charge in [-0.05, 0) is 44.0 Å². The number of nitrogen functional groups attached to an aromatic ring is 1. The van der Waals surface area contributed by atoms with E-state index in [1.165, 1.54) is 5.56 Å². The van der Waals surface area contributed by atoms with E-state index in [9.17, 15) is 4.79 Å². The van der Waals surface area contributed by atoms with E-state index in [0.717, 1.165) is 16.8 Å². The third kappa shape index (κ3) is 2.95. The first-order valence-electron chi connectivity index (χ1n) is 6.33. The number of benzene rings is 1. The van der Waals surface area contributed by atoms with Crippen LogP contribution < -0.4 is 16.6 Å². The van der Waals surface area contributed by atoms with Crippen molar-refractivity contribution in [2.45, 2.75) is 20.8 Å². The Kier molecular flexibility index (Phi) is 4.00. The molecule has 0 atom stereocenters. The van der Waals surface area contributed by atoms with Gasteiger partial charge >= 0.3 is 0 Å². The molecular weight excluding hydrogens is 252 g/mol. The first-order valence-corrected chi connectivity index (χ1v) is 6.33. The molecule has 1 amide bonds. The summed E-state index contributed by atoms with van der Waals surface area (Å²) in [6.45, 7) is 6.00. The number of amides is 1. The van der Waals surface area contributed by atoms with Crippen LogP contribution in [-0.4, -0.2) is 10.9 Å². The summed E-state index contributed by atoms with van der Waals surface area (Å²) in [6, 6.07) is 7.34. The molecule has 2 aromatic rings. The van der Waals surface area contributed by atoms with E-state index in [1.807, 2.05) is 32.9 Å². The number of hydrogen-bond donors (Lipinski definition) is 3. The lowest BCUT2D eigenvalue weighted by atomic mass is 10.0. The molecule has 20 heavy (non-hydrogen) atoms. The van der Waals surface area contributed by atoms with Gasteiger partial charge in [0.1, 0.15) is 5.82 Å². The van der Waals surface area contributed by atoms with E-state index in [1.54, 1.807) is 18.3 Å². The smallest absolute Gasteiger partial charge is 0.255 e. The molecule has 104 valence electrons. The van der Waals surface area contributed by atoms with Gasteiger partial charge in [-0.3, -0.25) is 4.79 Å². The molecule has 2 rings (SSSR count). The number of carbonyl (C=O) groups is 1. The number of pyridine rings is 1. The number of nitrogens with one attached hydrogen (secondary N) is 2. The Balaban J connectivity index is 2.28. The minimum absolute atomic E-state index is 0.182. The molecule has 0 fully saturated rings. The van der Waals surface area contributed by atoms with Gasteiger partial charge in [0.2, 0.25) is 0 Å². The molecule has 1 aromatic heterocycles. The number of anilines is 2. The summed E-state index contributed by atoms with van der Waals surface area (Å²) < 4.78 is 0. The number of aryl methyl sites for hydroxylation is 3. The second kappa shape index (κ2) is 5.71. The number of hydrogen-bond acceptors (Lipinski definition) is 4. The van der Waals surface area contributed by atoms with Gasteiger partial charge in [0.15, 0.2) is 0 Å². The maximum absolute atomic E-state index is 12.3. The normalized spacial score (nSPS) is 10.2. The lowest BCUT2D eigenvalue weighted by Gasteiger charge is -2.13. The molecule has 1 aromatic carbocycles. The molecule has 0 aliphatic rings. The Morgan fingerprint density at radius 1 is 1.15 bits per heavy atom. The first kappa shape index (κ1) is 14.0. The zero-order chi connectivity index (χ0) is 14.7. The van der Waals surface area contributed by atoms with Crippen molar-refractivity contribution in [3.05, 3.63) is 52.7 Å². The van der Waals surface area contributed by atoms with Gasteiger partial charge in [0.05, 0.1) is 0 Å². The molecule has 4 N–H and O–H groups in total. The molecule has 0 saturated heterocycles. The SMILES string of the molecule is Cc1cc(C)c(NC(=O)c2ccnc(NN)c2)c(C)c1. The Morgan fingerprint density at radius 3 is 2.40 bits per heavy atom. The summed E-state index contributed by atoms with van der Waals surface area (Å²) in [5.41, 5.74) is 7.04. The van der Waals surface area contributed by atoms with Gasteiger partial charge in [-0.1, -0.05) is 17.7 Å². The monoisotopic (exact) mass is 270 g/mol. The summed E-state index contributed by atoms with van der Waals surface area (Å²) in [4.78, 5) is 16.2. The summed E-state index contributed by atoms with van der Waals surface area (Å²) in [6.07, 6.45) is 1.54. The summed E-state index contributed by atoms with van der Waals surface area (Å²) in [5, 5.41) is 2.94. The van der Waals surface area contributed by atoms with E-state index < -0.39 is 0 Å². The second-order valence-corrected chi connectivity index (χ2v) is 4.80. The van der Waals surface area contributed by atoms with Crippen LogP contribution in [0.2, 0.25) is 0 Å². The van der Waals surface area contributed by atoms with Crippen LogP contribution >= 0.6 is 0 Å². The van der Waals surface area contributed by atoms with E-state index in [2.05, 4.69) is 15.7 Å². The van der Waals surface area contributed by atoms with Crippen LogP contribution in [0.3, 0.4) is 0 Å². The highest BCUT2D eigenvalue weighted by molar-refractivity contribution is 6.05. The van der Waals surface area contributed by atoms with Crippen LogP contribution in [0, 0.1) is 20.8 Å². The number of aromatic nitrogens is 1. The predicted octanol–water partition coefficient (Wildman–Crippen LogP) is 2.54. The standard InChI is InChI=1S/C15H18N4O/c1-9-6-10(2)14(11(3)7-9)18-15(20)12-4-5-17-13(8-12)19-16/h4-8H,16H2,1-3H3,(H,17,19)(H,18,20). The largest absolute Gasteiger partial charge is 0.322 e. The highest BCUT2D eigenvalue weighted by Gasteiger charge is 2.11. The Morgan fingerprint density at radius 2 is 1.80 bits per heavy atom. The maximum atomic E-state index is 12.3. The molecule has 0 bridgehead atoms. The van der Waals surface area contributed by atoms with Crippen molar-refractivity contribution in [2.24, 2.45) is 5.84 Å². The Labute approximate surface area is 118 Å². The molecule has 0 aliphatic heterocycles. The van der Waals surface area contributed by atoms with Crippen LogP contribution in [-0.2, 0) is 0 Å². The molecule has 0 unspecified atom stereocenters. The molecular formula is C15H18N4O. The average molecular weight is 270 g/mol. The zero-order valence-electron chi connectivity index (χ0n) is 11.8. The van der Waals surface area contributed by atoms with Gasteiger partial charge in [-0.2, -0.15) is 0 Å². The van der Waals surface area contributed by atoms with E-state index in [0.29, 0.717) is 11.4 Å². The van der Waals surface area contributed by atoms with E-state index in [-0.39, 0.29) is 5.91 Å². The summed E-state index contributed by atoms with van der Waals surface area (Å²) >= 11 is 0. The van der Waals surface area contributed by atoms with Crippen LogP contribution in [0.15, 0.2) is 30.5 Å².